The van der Waals surface area contributed by atoms with Gasteiger partial charge in [0.15, 0.2) is 0 Å². The summed E-state index contributed by atoms with van der Waals surface area (Å²) in [5.74, 6) is -0.857. The summed E-state index contributed by atoms with van der Waals surface area (Å²) in [6.45, 7) is 0.298. The van der Waals surface area contributed by atoms with Crippen molar-refractivity contribution in [3.8, 4) is 0 Å². The summed E-state index contributed by atoms with van der Waals surface area (Å²) >= 11 is 1.90. The maximum absolute atomic E-state index is 13.3. The Kier molecular flexibility index (Phi) is 3.85. The van der Waals surface area contributed by atoms with Crippen LogP contribution in [0.25, 0.3) is 0 Å². The number of nitrogens with one attached hydrogen (secondary N) is 1. The quantitative estimate of drug-likeness (QED) is 0.821. The number of anilines is 1. The number of hydrogen-bond donors (Lipinski definition) is 2. The molecular weight excluding hydrogens is 352 g/mol. The lowest BCUT2D eigenvalue weighted by atomic mass is 10.3. The van der Waals surface area contributed by atoms with Crippen molar-refractivity contribution < 1.29 is 18.7 Å². The van der Waals surface area contributed by atoms with Gasteiger partial charge in [-0.05, 0) is 40.8 Å². The first-order chi connectivity index (χ1) is 8.58. The third-order valence-corrected chi connectivity index (χ3v) is 3.40. The van der Waals surface area contributed by atoms with Crippen molar-refractivity contribution in [1.82, 2.24) is 0 Å². The Balaban J connectivity index is 2.07. The first kappa shape index (κ1) is 12.9. The second kappa shape index (κ2) is 5.38. The Bertz CT molecular complexity index is 582. The Hall–Kier alpha value is -1.57. The number of aromatic carboxylic acids is 1. The molecule has 0 saturated heterocycles. The van der Waals surface area contributed by atoms with E-state index in [1.54, 1.807) is 12.1 Å². The van der Waals surface area contributed by atoms with E-state index >= 15 is 0 Å². The molecule has 0 saturated carbocycles. The fourth-order valence-corrected chi connectivity index (χ4v) is 1.96. The molecule has 0 amide bonds. The molecule has 0 atom stereocenters. The monoisotopic (exact) mass is 361 g/mol. The van der Waals surface area contributed by atoms with E-state index < -0.39 is 5.97 Å². The van der Waals surface area contributed by atoms with Gasteiger partial charge in [0.05, 0.1) is 21.4 Å². The van der Waals surface area contributed by atoms with Crippen molar-refractivity contribution in [2.45, 2.75) is 6.54 Å². The summed E-state index contributed by atoms with van der Waals surface area (Å²) < 4.78 is 18.8. The molecule has 1 heterocycles. The molecule has 4 nitrogen and oxygen atoms in total. The van der Waals surface area contributed by atoms with E-state index in [0.29, 0.717) is 21.6 Å². The lowest BCUT2D eigenvalue weighted by Crippen LogP contribution is -2.01. The minimum absolute atomic E-state index is 0.0979. The van der Waals surface area contributed by atoms with Gasteiger partial charge in [0, 0.05) is 0 Å². The van der Waals surface area contributed by atoms with Crippen molar-refractivity contribution in [3.05, 3.63) is 51.2 Å². The maximum Gasteiger partial charge on any atom is 0.338 e. The highest BCUT2D eigenvalue weighted by Gasteiger charge is 2.09. The van der Waals surface area contributed by atoms with Gasteiger partial charge in [-0.25, -0.2) is 9.18 Å². The highest BCUT2D eigenvalue weighted by Crippen LogP contribution is 2.21. The predicted octanol–water partition coefficient (Wildman–Crippen LogP) is 3.33. The average molecular weight is 361 g/mol. The van der Waals surface area contributed by atoms with E-state index in [1.165, 1.54) is 18.4 Å². The zero-order chi connectivity index (χ0) is 13.1. The van der Waals surface area contributed by atoms with Gasteiger partial charge in [0.1, 0.15) is 17.8 Å². The van der Waals surface area contributed by atoms with Gasteiger partial charge in [0.2, 0.25) is 0 Å². The molecule has 1 aromatic heterocycles. The summed E-state index contributed by atoms with van der Waals surface area (Å²) in [5.41, 5.74) is 0.740. The number of halogens is 2. The van der Waals surface area contributed by atoms with Crippen LogP contribution >= 0.6 is 22.6 Å². The lowest BCUT2D eigenvalue weighted by molar-refractivity contribution is 0.0696. The molecule has 0 radical (unpaired) electrons. The van der Waals surface area contributed by atoms with Crippen LogP contribution in [0.1, 0.15) is 16.1 Å². The van der Waals surface area contributed by atoms with Gasteiger partial charge in [0.25, 0.3) is 0 Å². The number of carboxylic acid groups (broad SMARTS) is 1. The van der Waals surface area contributed by atoms with Crippen molar-refractivity contribution in [1.29, 1.82) is 0 Å². The van der Waals surface area contributed by atoms with Crippen LogP contribution in [0.15, 0.2) is 34.9 Å². The highest BCUT2D eigenvalue weighted by molar-refractivity contribution is 14.1. The van der Waals surface area contributed by atoms with Crippen molar-refractivity contribution in [2.75, 3.05) is 5.32 Å². The maximum atomic E-state index is 13.3. The normalized spacial score (nSPS) is 10.3. The zero-order valence-electron chi connectivity index (χ0n) is 9.11. The van der Waals surface area contributed by atoms with Gasteiger partial charge >= 0.3 is 5.97 Å². The Morgan fingerprint density at radius 2 is 2.28 bits per heavy atom. The van der Waals surface area contributed by atoms with Crippen molar-refractivity contribution in [3.63, 3.8) is 0 Å². The fourth-order valence-electron chi connectivity index (χ4n) is 1.41. The summed E-state index contributed by atoms with van der Waals surface area (Å²) in [4.78, 5) is 10.7. The van der Waals surface area contributed by atoms with Crippen LogP contribution in [0.2, 0.25) is 0 Å². The molecule has 0 aliphatic heterocycles. The molecule has 6 heteroatoms. The number of carboxylic acids is 1. The third kappa shape index (κ3) is 2.81. The van der Waals surface area contributed by atoms with Gasteiger partial charge in [-0.2, -0.15) is 0 Å². The largest absolute Gasteiger partial charge is 0.478 e. The smallest absolute Gasteiger partial charge is 0.338 e. The molecule has 0 spiro atoms. The molecular formula is C12H9FINO3. The average Bonchev–Trinajstić information content (AvgIpc) is 2.80. The van der Waals surface area contributed by atoms with Gasteiger partial charge < -0.3 is 14.8 Å². The number of hydrogen-bond acceptors (Lipinski definition) is 3. The second-order valence-corrected chi connectivity index (χ2v) is 4.64. The van der Waals surface area contributed by atoms with Crippen LogP contribution in [0.5, 0.6) is 0 Å². The van der Waals surface area contributed by atoms with Gasteiger partial charge in [-0.1, -0.05) is 6.07 Å². The first-order valence-electron chi connectivity index (χ1n) is 5.06. The van der Waals surface area contributed by atoms with Gasteiger partial charge in [-0.3, -0.25) is 0 Å². The minimum Gasteiger partial charge on any atom is -0.478 e. The molecule has 1 aromatic carbocycles. The minimum atomic E-state index is -1.04. The summed E-state index contributed by atoms with van der Waals surface area (Å²) in [5, 5.41) is 11.7. The highest BCUT2D eigenvalue weighted by atomic mass is 127. The number of benzene rings is 1. The molecule has 0 unspecified atom stereocenters. The molecule has 0 aliphatic carbocycles. The van der Waals surface area contributed by atoms with Gasteiger partial charge in [-0.15, -0.1) is 0 Å². The zero-order valence-corrected chi connectivity index (χ0v) is 11.3. The molecule has 2 aromatic rings. The van der Waals surface area contributed by atoms with Crippen molar-refractivity contribution in [2.24, 2.45) is 0 Å². The van der Waals surface area contributed by atoms with Crippen LogP contribution in [0.4, 0.5) is 10.1 Å². The standard InChI is InChI=1S/C12H9FINO3/c13-9-2-1-3-10(11(9)14)15-5-8-4-7(6-18-8)12(16)17/h1-4,6,15H,5H2,(H,16,17). The second-order valence-electron chi connectivity index (χ2n) is 3.56. The molecule has 94 valence electrons. The van der Waals surface area contributed by atoms with E-state index in [2.05, 4.69) is 5.32 Å². The number of rotatable bonds is 4. The van der Waals surface area contributed by atoms with Crippen LogP contribution < -0.4 is 5.32 Å². The van der Waals surface area contributed by atoms with Crippen LogP contribution in [-0.4, -0.2) is 11.1 Å². The van der Waals surface area contributed by atoms with Crippen LogP contribution in [0.3, 0.4) is 0 Å². The van der Waals surface area contributed by atoms with Crippen molar-refractivity contribution >= 4 is 34.2 Å². The van der Waals surface area contributed by atoms with E-state index in [9.17, 15) is 9.18 Å². The Labute approximate surface area is 116 Å². The van der Waals surface area contributed by atoms with E-state index in [0.717, 1.165) is 0 Å². The van der Waals surface area contributed by atoms with Crippen LogP contribution in [-0.2, 0) is 6.54 Å². The summed E-state index contributed by atoms with van der Waals surface area (Å²) in [7, 11) is 0. The third-order valence-electron chi connectivity index (χ3n) is 2.31. The molecule has 2 N–H and O–H groups in total. The Morgan fingerprint density at radius 1 is 1.50 bits per heavy atom. The van der Waals surface area contributed by atoms with Crippen LogP contribution in [0, 0.1) is 9.39 Å². The molecule has 18 heavy (non-hydrogen) atoms. The number of carbonyl (C=O) groups is 1. The topological polar surface area (TPSA) is 62.5 Å². The first-order valence-corrected chi connectivity index (χ1v) is 6.14. The molecule has 0 bridgehead atoms. The predicted molar refractivity (Wildman–Crippen MR) is 72.1 cm³/mol. The summed E-state index contributed by atoms with van der Waals surface area (Å²) in [6.07, 6.45) is 1.18. The number of furan rings is 1. The molecule has 0 aliphatic rings. The molecule has 0 fully saturated rings. The molecule has 2 rings (SSSR count). The summed E-state index contributed by atoms with van der Waals surface area (Å²) in [6, 6.07) is 6.15. The van der Waals surface area contributed by atoms with E-state index in [1.807, 2.05) is 22.6 Å². The SMILES string of the molecule is O=C(O)c1coc(CNc2cccc(F)c2I)c1. The fraction of sp³-hybridized carbons (Fsp3) is 0.0833. The van der Waals surface area contributed by atoms with E-state index in [-0.39, 0.29) is 11.4 Å². The lowest BCUT2D eigenvalue weighted by Gasteiger charge is -2.07. The van der Waals surface area contributed by atoms with E-state index in [4.69, 9.17) is 9.52 Å². The Morgan fingerprint density at radius 3 is 2.94 bits per heavy atom.